The van der Waals surface area contributed by atoms with Crippen molar-refractivity contribution in [2.45, 2.75) is 38.6 Å². The van der Waals surface area contributed by atoms with Crippen molar-refractivity contribution in [3.8, 4) is 5.69 Å². The van der Waals surface area contributed by atoms with Crippen molar-refractivity contribution in [1.29, 1.82) is 0 Å². The highest BCUT2D eigenvalue weighted by Crippen LogP contribution is 2.22. The van der Waals surface area contributed by atoms with Crippen LogP contribution in [0.5, 0.6) is 0 Å². The number of halogens is 1. The minimum absolute atomic E-state index is 0.0328. The maximum absolute atomic E-state index is 13.6. The minimum atomic E-state index is -0.420. The van der Waals surface area contributed by atoms with Gasteiger partial charge in [-0.3, -0.25) is 9.59 Å². The van der Waals surface area contributed by atoms with E-state index in [1.54, 1.807) is 18.2 Å². The molecule has 1 fully saturated rings. The fraction of sp³-hybridized carbons (Fsp3) is 0.346. The highest BCUT2D eigenvalue weighted by molar-refractivity contribution is 5.79. The molecule has 2 aromatic carbocycles. The Hall–Kier alpha value is -3.48. The summed E-state index contributed by atoms with van der Waals surface area (Å²) < 4.78 is 14.8. The molecular weight excluding hydrogens is 419 g/mol. The van der Waals surface area contributed by atoms with E-state index in [1.807, 2.05) is 18.2 Å². The van der Waals surface area contributed by atoms with Crippen molar-refractivity contribution in [3.63, 3.8) is 0 Å². The molecule has 0 bridgehead atoms. The zero-order chi connectivity index (χ0) is 23.2. The lowest BCUT2D eigenvalue weighted by Gasteiger charge is -2.32. The fourth-order valence-corrected chi connectivity index (χ4v) is 4.19. The third kappa shape index (κ3) is 5.86. The SMILES string of the molecule is CC(CCc1ccccc1)NC(=O)C1CCN(c2ccc(=O)n(-c3cccc(F)c3)n2)CC1. The van der Waals surface area contributed by atoms with Crippen molar-refractivity contribution in [2.75, 3.05) is 18.0 Å². The van der Waals surface area contributed by atoms with Gasteiger partial charge in [0.15, 0.2) is 0 Å². The molecule has 1 aliphatic rings. The molecule has 0 spiro atoms. The van der Waals surface area contributed by atoms with Gasteiger partial charge < -0.3 is 10.2 Å². The number of rotatable bonds is 7. The van der Waals surface area contributed by atoms with E-state index in [0.29, 0.717) is 24.6 Å². The zero-order valence-corrected chi connectivity index (χ0v) is 18.8. The van der Waals surface area contributed by atoms with E-state index in [0.717, 1.165) is 25.7 Å². The highest BCUT2D eigenvalue weighted by atomic mass is 19.1. The number of benzene rings is 2. The molecule has 1 N–H and O–H groups in total. The van der Waals surface area contributed by atoms with Gasteiger partial charge in [-0.1, -0.05) is 36.4 Å². The van der Waals surface area contributed by atoms with Crippen LogP contribution in [0.15, 0.2) is 71.5 Å². The van der Waals surface area contributed by atoms with Gasteiger partial charge in [0.2, 0.25) is 5.91 Å². The Kier molecular flexibility index (Phi) is 7.17. The number of amides is 1. The normalized spacial score (nSPS) is 15.3. The average molecular weight is 449 g/mol. The number of nitrogens with zero attached hydrogens (tertiary/aromatic N) is 3. The number of carbonyl (C=O) groups excluding carboxylic acids is 1. The number of carbonyl (C=O) groups is 1. The van der Waals surface area contributed by atoms with Crippen molar-refractivity contribution in [3.05, 3.63) is 88.5 Å². The van der Waals surface area contributed by atoms with Gasteiger partial charge >= 0.3 is 0 Å². The number of hydrogen-bond donors (Lipinski definition) is 1. The predicted molar refractivity (Wildman–Crippen MR) is 127 cm³/mol. The Morgan fingerprint density at radius 3 is 2.58 bits per heavy atom. The Bertz CT molecular complexity index is 1140. The summed E-state index contributed by atoms with van der Waals surface area (Å²) in [7, 11) is 0. The van der Waals surface area contributed by atoms with E-state index < -0.39 is 5.82 Å². The van der Waals surface area contributed by atoms with Crippen LogP contribution in [0.3, 0.4) is 0 Å². The van der Waals surface area contributed by atoms with Crippen LogP contribution < -0.4 is 15.8 Å². The zero-order valence-electron chi connectivity index (χ0n) is 18.8. The Morgan fingerprint density at radius 1 is 1.09 bits per heavy atom. The molecule has 1 amide bonds. The summed E-state index contributed by atoms with van der Waals surface area (Å²) in [6.07, 6.45) is 3.28. The largest absolute Gasteiger partial charge is 0.355 e. The van der Waals surface area contributed by atoms with Crippen LogP contribution in [0.4, 0.5) is 10.2 Å². The molecule has 3 aromatic rings. The second-order valence-electron chi connectivity index (χ2n) is 8.62. The summed E-state index contributed by atoms with van der Waals surface area (Å²) >= 11 is 0. The maximum atomic E-state index is 13.6. The van der Waals surface area contributed by atoms with Gasteiger partial charge in [0.25, 0.3) is 5.56 Å². The van der Waals surface area contributed by atoms with Gasteiger partial charge in [0, 0.05) is 31.1 Å². The average Bonchev–Trinajstić information content (AvgIpc) is 2.84. The maximum Gasteiger partial charge on any atom is 0.271 e. The molecule has 172 valence electrons. The second kappa shape index (κ2) is 10.4. The molecule has 0 radical (unpaired) electrons. The first-order valence-corrected chi connectivity index (χ1v) is 11.4. The molecule has 1 aliphatic heterocycles. The van der Waals surface area contributed by atoms with Crippen LogP contribution >= 0.6 is 0 Å². The number of aryl methyl sites for hydroxylation is 1. The van der Waals surface area contributed by atoms with Gasteiger partial charge in [-0.2, -0.15) is 4.68 Å². The first kappa shape index (κ1) is 22.7. The summed E-state index contributed by atoms with van der Waals surface area (Å²) in [6.45, 7) is 3.39. The van der Waals surface area contributed by atoms with Crippen LogP contribution in [0, 0.1) is 11.7 Å². The predicted octanol–water partition coefficient (Wildman–Crippen LogP) is 3.73. The van der Waals surface area contributed by atoms with Gasteiger partial charge in [-0.15, -0.1) is 5.10 Å². The number of piperidine rings is 1. The molecule has 6 nitrogen and oxygen atoms in total. The molecular formula is C26H29FN4O2. The molecule has 0 aliphatic carbocycles. The monoisotopic (exact) mass is 448 g/mol. The number of aromatic nitrogens is 2. The van der Waals surface area contributed by atoms with E-state index in [9.17, 15) is 14.0 Å². The van der Waals surface area contributed by atoms with Crippen LogP contribution in [0.2, 0.25) is 0 Å². The summed E-state index contributed by atoms with van der Waals surface area (Å²) in [5.74, 6) is 0.299. The van der Waals surface area contributed by atoms with Gasteiger partial charge in [0.1, 0.15) is 11.6 Å². The fourth-order valence-electron chi connectivity index (χ4n) is 4.19. The summed E-state index contributed by atoms with van der Waals surface area (Å²) in [6, 6.07) is 19.4. The molecule has 7 heteroatoms. The van der Waals surface area contributed by atoms with Crippen LogP contribution in [0.25, 0.3) is 5.69 Å². The quantitative estimate of drug-likeness (QED) is 0.598. The number of anilines is 1. The van der Waals surface area contributed by atoms with Gasteiger partial charge in [-0.25, -0.2) is 4.39 Å². The van der Waals surface area contributed by atoms with E-state index in [-0.39, 0.29) is 23.4 Å². The number of hydrogen-bond acceptors (Lipinski definition) is 4. The summed E-state index contributed by atoms with van der Waals surface area (Å²) in [4.78, 5) is 27.1. The van der Waals surface area contributed by atoms with Crippen LogP contribution in [0.1, 0.15) is 31.7 Å². The number of nitrogens with one attached hydrogen (secondary N) is 1. The Morgan fingerprint density at radius 2 is 1.85 bits per heavy atom. The van der Waals surface area contributed by atoms with Crippen molar-refractivity contribution in [2.24, 2.45) is 5.92 Å². The Labute approximate surface area is 193 Å². The van der Waals surface area contributed by atoms with E-state index in [1.165, 1.54) is 28.4 Å². The van der Waals surface area contributed by atoms with Crippen LogP contribution in [-0.4, -0.2) is 34.8 Å². The lowest BCUT2D eigenvalue weighted by Crippen LogP contribution is -2.43. The molecule has 1 aromatic heterocycles. The molecule has 1 unspecified atom stereocenters. The highest BCUT2D eigenvalue weighted by Gasteiger charge is 2.26. The standard InChI is InChI=1S/C26H29FN4O2/c1-19(10-11-20-6-3-2-4-7-20)28-26(33)21-14-16-30(17-15-21)24-12-13-25(32)31(29-24)23-9-5-8-22(27)18-23/h2-9,12-13,18-19,21H,10-11,14-17H2,1H3,(H,28,33). The topological polar surface area (TPSA) is 67.2 Å². The first-order chi connectivity index (χ1) is 16.0. The summed E-state index contributed by atoms with van der Waals surface area (Å²) in [5.41, 5.74) is 1.35. The molecule has 33 heavy (non-hydrogen) atoms. The third-order valence-electron chi connectivity index (χ3n) is 6.13. The van der Waals surface area contributed by atoms with Gasteiger partial charge in [-0.05, 0) is 62.4 Å². The van der Waals surface area contributed by atoms with Crippen molar-refractivity contribution >= 4 is 11.7 Å². The molecule has 0 saturated carbocycles. The minimum Gasteiger partial charge on any atom is -0.355 e. The van der Waals surface area contributed by atoms with Gasteiger partial charge in [0.05, 0.1) is 5.69 Å². The van der Waals surface area contributed by atoms with Crippen molar-refractivity contribution in [1.82, 2.24) is 15.1 Å². The summed E-state index contributed by atoms with van der Waals surface area (Å²) in [5, 5.41) is 7.61. The second-order valence-corrected chi connectivity index (χ2v) is 8.62. The lowest BCUT2D eigenvalue weighted by atomic mass is 9.95. The third-order valence-corrected chi connectivity index (χ3v) is 6.13. The van der Waals surface area contributed by atoms with Crippen LogP contribution in [-0.2, 0) is 11.2 Å². The first-order valence-electron chi connectivity index (χ1n) is 11.4. The van der Waals surface area contributed by atoms with E-state index in [2.05, 4.69) is 34.4 Å². The Balaban J connectivity index is 1.32. The van der Waals surface area contributed by atoms with E-state index in [4.69, 9.17) is 0 Å². The van der Waals surface area contributed by atoms with Crippen molar-refractivity contribution < 1.29 is 9.18 Å². The van der Waals surface area contributed by atoms with E-state index >= 15 is 0 Å². The molecule has 4 rings (SSSR count). The molecule has 1 saturated heterocycles. The molecule has 2 heterocycles. The lowest BCUT2D eigenvalue weighted by molar-refractivity contribution is -0.126. The smallest absolute Gasteiger partial charge is 0.271 e. The molecule has 1 atom stereocenters.